The third-order valence-electron chi connectivity index (χ3n) is 2.62. The first kappa shape index (κ1) is 17.7. The number of amides is 2. The van der Waals surface area contributed by atoms with Crippen LogP contribution in [0.4, 0.5) is 4.79 Å². The van der Waals surface area contributed by atoms with Crippen molar-refractivity contribution >= 4 is 12.0 Å². The Labute approximate surface area is 115 Å². The highest BCUT2D eigenvalue weighted by Crippen LogP contribution is 2.02. The van der Waals surface area contributed by atoms with Crippen LogP contribution in [0, 0.1) is 0 Å². The summed E-state index contributed by atoms with van der Waals surface area (Å²) in [6, 6.07) is -0.0856. The van der Waals surface area contributed by atoms with Gasteiger partial charge in [0.05, 0.1) is 0 Å². The molecule has 112 valence electrons. The van der Waals surface area contributed by atoms with Gasteiger partial charge in [0.2, 0.25) is 0 Å². The van der Waals surface area contributed by atoms with Gasteiger partial charge < -0.3 is 20.1 Å². The number of aliphatic carboxylic acids is 1. The highest BCUT2D eigenvalue weighted by Gasteiger charge is 2.16. The lowest BCUT2D eigenvalue weighted by atomic mass is 10.2. The molecule has 0 radical (unpaired) electrons. The first-order valence-electron chi connectivity index (χ1n) is 6.83. The van der Waals surface area contributed by atoms with E-state index in [0.717, 1.165) is 6.42 Å². The van der Waals surface area contributed by atoms with Crippen LogP contribution in [0.25, 0.3) is 0 Å². The monoisotopic (exact) mass is 274 g/mol. The van der Waals surface area contributed by atoms with Crippen molar-refractivity contribution in [3.63, 3.8) is 0 Å². The van der Waals surface area contributed by atoms with Gasteiger partial charge in [0.25, 0.3) is 0 Å². The topological polar surface area (TPSA) is 78.9 Å². The fourth-order valence-electron chi connectivity index (χ4n) is 1.61. The molecule has 0 aliphatic heterocycles. The van der Waals surface area contributed by atoms with Gasteiger partial charge >= 0.3 is 12.0 Å². The quantitative estimate of drug-likeness (QED) is 0.594. The Morgan fingerprint density at radius 3 is 2.53 bits per heavy atom. The number of rotatable bonds is 10. The lowest BCUT2D eigenvalue weighted by Gasteiger charge is -2.26. The number of carboxylic acids is 1. The predicted molar refractivity (Wildman–Crippen MR) is 73.2 cm³/mol. The molecule has 0 saturated carbocycles. The molecule has 0 bridgehead atoms. The van der Waals surface area contributed by atoms with Gasteiger partial charge in [0, 0.05) is 38.8 Å². The first-order chi connectivity index (χ1) is 8.99. The predicted octanol–water partition coefficient (Wildman–Crippen LogP) is 1.70. The lowest BCUT2D eigenvalue weighted by molar-refractivity contribution is -0.137. The molecule has 19 heavy (non-hydrogen) atoms. The summed E-state index contributed by atoms with van der Waals surface area (Å²) in [6.07, 6.45) is 1.33. The number of nitrogens with one attached hydrogen (secondary N) is 1. The number of carbonyl (C=O) groups excluding carboxylic acids is 1. The fraction of sp³-hybridized carbons (Fsp3) is 0.846. The molecule has 6 heteroatoms. The van der Waals surface area contributed by atoms with Gasteiger partial charge in [-0.05, 0) is 33.6 Å². The van der Waals surface area contributed by atoms with Gasteiger partial charge in [-0.2, -0.15) is 0 Å². The summed E-state index contributed by atoms with van der Waals surface area (Å²) in [5.74, 6) is -0.833. The largest absolute Gasteiger partial charge is 0.481 e. The summed E-state index contributed by atoms with van der Waals surface area (Å²) < 4.78 is 5.18. The van der Waals surface area contributed by atoms with E-state index in [0.29, 0.717) is 32.7 Å². The normalized spacial score (nSPS) is 10.5. The van der Waals surface area contributed by atoms with Gasteiger partial charge in [-0.1, -0.05) is 0 Å². The van der Waals surface area contributed by atoms with Crippen molar-refractivity contribution in [1.29, 1.82) is 0 Å². The maximum Gasteiger partial charge on any atom is 0.317 e. The second-order valence-electron chi connectivity index (χ2n) is 4.57. The van der Waals surface area contributed by atoms with Crippen molar-refractivity contribution in [2.45, 2.75) is 46.1 Å². The molecule has 0 aliphatic rings. The van der Waals surface area contributed by atoms with E-state index >= 15 is 0 Å². The van der Waals surface area contributed by atoms with Crippen LogP contribution in [0.15, 0.2) is 0 Å². The second-order valence-corrected chi connectivity index (χ2v) is 4.57. The summed E-state index contributed by atoms with van der Waals surface area (Å²) in [7, 11) is 0. The molecule has 0 rings (SSSR count). The molecular formula is C13H26N2O4. The molecule has 0 aromatic carbocycles. The Morgan fingerprint density at radius 2 is 2.00 bits per heavy atom. The van der Waals surface area contributed by atoms with Crippen molar-refractivity contribution in [2.24, 2.45) is 0 Å². The van der Waals surface area contributed by atoms with E-state index in [1.165, 1.54) is 0 Å². The number of hydrogen-bond acceptors (Lipinski definition) is 3. The summed E-state index contributed by atoms with van der Waals surface area (Å²) in [5, 5.41) is 11.4. The third-order valence-corrected chi connectivity index (χ3v) is 2.62. The number of carbonyl (C=O) groups is 2. The minimum Gasteiger partial charge on any atom is -0.481 e. The molecule has 0 aromatic rings. The standard InChI is InChI=1S/C13H26N2O4/c1-4-19-10-6-8-14-13(18)15(11(2)3)9-5-7-12(16)17/h11H,4-10H2,1-3H3,(H,14,18)(H,16,17). The summed E-state index contributed by atoms with van der Waals surface area (Å²) in [5.41, 5.74) is 0. The third kappa shape index (κ3) is 9.30. The molecule has 0 saturated heterocycles. The van der Waals surface area contributed by atoms with Crippen molar-refractivity contribution in [3.05, 3.63) is 0 Å². The van der Waals surface area contributed by atoms with Crippen LogP contribution in [0.1, 0.15) is 40.0 Å². The SMILES string of the molecule is CCOCCCNC(=O)N(CCCC(=O)O)C(C)C. The molecule has 2 N–H and O–H groups in total. The zero-order chi connectivity index (χ0) is 14.7. The van der Waals surface area contributed by atoms with Crippen LogP contribution in [0.5, 0.6) is 0 Å². The number of hydrogen-bond donors (Lipinski definition) is 2. The number of ether oxygens (including phenoxy) is 1. The van der Waals surface area contributed by atoms with Crippen molar-refractivity contribution in [1.82, 2.24) is 10.2 Å². The van der Waals surface area contributed by atoms with Crippen molar-refractivity contribution in [3.8, 4) is 0 Å². The average molecular weight is 274 g/mol. The fourth-order valence-corrected chi connectivity index (χ4v) is 1.61. The smallest absolute Gasteiger partial charge is 0.317 e. The van der Waals surface area contributed by atoms with Gasteiger partial charge in [0.15, 0.2) is 0 Å². The number of nitrogens with zero attached hydrogens (tertiary/aromatic N) is 1. The molecule has 0 aromatic heterocycles. The van der Waals surface area contributed by atoms with Gasteiger partial charge in [0.1, 0.15) is 0 Å². The minimum atomic E-state index is -0.833. The summed E-state index contributed by atoms with van der Waals surface area (Å²) in [6.45, 7) is 8.11. The highest BCUT2D eigenvalue weighted by atomic mass is 16.5. The number of urea groups is 1. The lowest BCUT2D eigenvalue weighted by Crippen LogP contribution is -2.45. The molecule has 0 atom stereocenters. The Balaban J connectivity index is 3.94. The van der Waals surface area contributed by atoms with Gasteiger partial charge in [-0.25, -0.2) is 4.79 Å². The maximum absolute atomic E-state index is 11.9. The van der Waals surface area contributed by atoms with Crippen molar-refractivity contribution in [2.75, 3.05) is 26.3 Å². The molecule has 0 aliphatic carbocycles. The average Bonchev–Trinajstić information content (AvgIpc) is 2.33. The first-order valence-corrected chi connectivity index (χ1v) is 6.83. The molecule has 6 nitrogen and oxygen atoms in total. The number of carboxylic acid groups (broad SMARTS) is 1. The van der Waals surface area contributed by atoms with Crippen LogP contribution in [-0.2, 0) is 9.53 Å². The zero-order valence-corrected chi connectivity index (χ0v) is 12.1. The van der Waals surface area contributed by atoms with Gasteiger partial charge in [-0.15, -0.1) is 0 Å². The zero-order valence-electron chi connectivity index (χ0n) is 12.1. The molecule has 0 fully saturated rings. The van der Waals surface area contributed by atoms with Crippen LogP contribution in [-0.4, -0.2) is 54.4 Å². The highest BCUT2D eigenvalue weighted by molar-refractivity contribution is 5.74. The minimum absolute atomic E-state index is 0.0562. The molecule has 2 amide bonds. The van der Waals surface area contributed by atoms with Crippen LogP contribution >= 0.6 is 0 Å². The van der Waals surface area contributed by atoms with E-state index < -0.39 is 5.97 Å². The van der Waals surface area contributed by atoms with Crippen molar-refractivity contribution < 1.29 is 19.4 Å². The van der Waals surface area contributed by atoms with Gasteiger partial charge in [-0.3, -0.25) is 4.79 Å². The van der Waals surface area contributed by atoms with Crippen LogP contribution in [0.2, 0.25) is 0 Å². The summed E-state index contributed by atoms with van der Waals surface area (Å²) >= 11 is 0. The Bertz CT molecular complexity index is 269. The Morgan fingerprint density at radius 1 is 1.32 bits per heavy atom. The molecule has 0 unspecified atom stereocenters. The van der Waals surface area contributed by atoms with E-state index in [4.69, 9.17) is 9.84 Å². The molecule has 0 heterocycles. The van der Waals surface area contributed by atoms with E-state index in [2.05, 4.69) is 5.32 Å². The molecular weight excluding hydrogens is 248 g/mol. The van der Waals surface area contributed by atoms with E-state index in [1.54, 1.807) is 4.90 Å². The maximum atomic E-state index is 11.9. The van der Waals surface area contributed by atoms with E-state index in [1.807, 2.05) is 20.8 Å². The van der Waals surface area contributed by atoms with Crippen LogP contribution < -0.4 is 5.32 Å². The van der Waals surface area contributed by atoms with E-state index in [9.17, 15) is 9.59 Å². The van der Waals surface area contributed by atoms with E-state index in [-0.39, 0.29) is 18.5 Å². The second kappa shape index (κ2) is 10.6. The molecule has 0 spiro atoms. The summed E-state index contributed by atoms with van der Waals surface area (Å²) in [4.78, 5) is 24.0. The van der Waals surface area contributed by atoms with Crippen LogP contribution in [0.3, 0.4) is 0 Å². The Hall–Kier alpha value is -1.30. The Kier molecular flexibility index (Phi) is 9.88.